The van der Waals surface area contributed by atoms with E-state index >= 15 is 0 Å². The van der Waals surface area contributed by atoms with Crippen LogP contribution in [0.25, 0.3) is 6.08 Å². The Bertz CT molecular complexity index is 1490. The SMILES string of the molecule is CCOc1cc(C=C2C(=O)N(c3ccc(C)c(C)c3)C(=S)N(c3ccc(C)c(C)c3)C2=O)ccc1OCC(=O)O. The zero-order chi connectivity index (χ0) is 29.1. The molecule has 0 aliphatic carbocycles. The van der Waals surface area contributed by atoms with Crippen molar-refractivity contribution in [1.29, 1.82) is 0 Å². The molecule has 3 aromatic rings. The smallest absolute Gasteiger partial charge is 0.341 e. The van der Waals surface area contributed by atoms with E-state index in [1.54, 1.807) is 37.3 Å². The van der Waals surface area contributed by atoms with Crippen molar-refractivity contribution >= 4 is 52.6 Å². The average molecular weight is 559 g/mol. The van der Waals surface area contributed by atoms with E-state index in [4.69, 9.17) is 26.8 Å². The van der Waals surface area contributed by atoms with E-state index < -0.39 is 24.4 Å². The van der Waals surface area contributed by atoms with Crippen molar-refractivity contribution in [3.05, 3.63) is 88.0 Å². The minimum absolute atomic E-state index is 0.0612. The highest BCUT2D eigenvalue weighted by Crippen LogP contribution is 2.33. The van der Waals surface area contributed by atoms with E-state index in [1.807, 2.05) is 52.0 Å². The highest BCUT2D eigenvalue weighted by Gasteiger charge is 2.41. The molecule has 1 aliphatic heterocycles. The van der Waals surface area contributed by atoms with Gasteiger partial charge in [0.25, 0.3) is 11.8 Å². The molecule has 1 N–H and O–H groups in total. The Morgan fingerprint density at radius 3 is 1.82 bits per heavy atom. The summed E-state index contributed by atoms with van der Waals surface area (Å²) in [4.78, 5) is 41.5. The number of hydrogen-bond acceptors (Lipinski definition) is 6. The van der Waals surface area contributed by atoms with Gasteiger partial charge in [0.05, 0.1) is 18.0 Å². The molecule has 3 aromatic carbocycles. The summed E-state index contributed by atoms with van der Waals surface area (Å²) >= 11 is 5.76. The van der Waals surface area contributed by atoms with Gasteiger partial charge in [-0.3, -0.25) is 19.4 Å². The summed E-state index contributed by atoms with van der Waals surface area (Å²) < 4.78 is 11.0. The van der Waals surface area contributed by atoms with E-state index in [0.717, 1.165) is 22.3 Å². The molecule has 1 fully saturated rings. The third-order valence-corrected chi connectivity index (χ3v) is 7.04. The van der Waals surface area contributed by atoms with Crippen LogP contribution in [-0.2, 0) is 14.4 Å². The maximum absolute atomic E-state index is 13.9. The van der Waals surface area contributed by atoms with Gasteiger partial charge in [0.1, 0.15) is 5.57 Å². The molecule has 0 spiro atoms. The molecule has 0 saturated carbocycles. The van der Waals surface area contributed by atoms with Crippen LogP contribution in [0.2, 0.25) is 0 Å². The number of carbonyl (C=O) groups excluding carboxylic acids is 2. The molecule has 40 heavy (non-hydrogen) atoms. The number of ether oxygens (including phenoxy) is 2. The Balaban J connectivity index is 1.85. The summed E-state index contributed by atoms with van der Waals surface area (Å²) in [5.41, 5.74) is 5.59. The minimum Gasteiger partial charge on any atom is -0.490 e. The Labute approximate surface area is 238 Å². The molecule has 2 amide bonds. The van der Waals surface area contributed by atoms with Crippen molar-refractivity contribution in [2.45, 2.75) is 34.6 Å². The fourth-order valence-corrected chi connectivity index (χ4v) is 4.60. The average Bonchev–Trinajstić information content (AvgIpc) is 2.90. The number of amides is 2. The summed E-state index contributed by atoms with van der Waals surface area (Å²) in [5, 5.41) is 9.04. The Morgan fingerprint density at radius 1 is 0.800 bits per heavy atom. The number of carbonyl (C=O) groups is 3. The first kappa shape index (κ1) is 28.5. The molecule has 0 radical (unpaired) electrons. The Morgan fingerprint density at radius 2 is 1.35 bits per heavy atom. The Kier molecular flexibility index (Phi) is 8.35. The van der Waals surface area contributed by atoms with Crippen LogP contribution in [0.4, 0.5) is 11.4 Å². The molecule has 0 unspecified atom stereocenters. The molecule has 206 valence electrons. The van der Waals surface area contributed by atoms with Crippen LogP contribution in [-0.4, -0.2) is 41.2 Å². The van der Waals surface area contributed by atoms with Gasteiger partial charge in [-0.2, -0.15) is 0 Å². The van der Waals surface area contributed by atoms with Crippen molar-refractivity contribution in [2.75, 3.05) is 23.0 Å². The summed E-state index contributed by atoms with van der Waals surface area (Å²) in [6, 6.07) is 15.9. The predicted molar refractivity (Wildman–Crippen MR) is 158 cm³/mol. The van der Waals surface area contributed by atoms with Crippen molar-refractivity contribution in [1.82, 2.24) is 0 Å². The number of rotatable bonds is 8. The van der Waals surface area contributed by atoms with Gasteiger partial charge < -0.3 is 14.6 Å². The molecule has 4 rings (SSSR count). The van der Waals surface area contributed by atoms with Crippen LogP contribution in [0, 0.1) is 27.7 Å². The lowest BCUT2D eigenvalue weighted by Gasteiger charge is -2.37. The van der Waals surface area contributed by atoms with Gasteiger partial charge in [0.2, 0.25) is 0 Å². The predicted octanol–water partition coefficient (Wildman–Crippen LogP) is 5.53. The highest BCUT2D eigenvalue weighted by atomic mass is 32.1. The van der Waals surface area contributed by atoms with E-state index in [9.17, 15) is 14.4 Å². The molecule has 1 saturated heterocycles. The second-order valence-electron chi connectivity index (χ2n) is 9.48. The number of carboxylic acid groups (broad SMARTS) is 1. The van der Waals surface area contributed by atoms with Gasteiger partial charge in [0.15, 0.2) is 23.2 Å². The normalized spacial score (nSPS) is 13.5. The number of hydrogen-bond donors (Lipinski definition) is 1. The van der Waals surface area contributed by atoms with Crippen molar-refractivity contribution in [3.8, 4) is 11.5 Å². The van der Waals surface area contributed by atoms with Crippen molar-refractivity contribution in [2.24, 2.45) is 0 Å². The first-order valence-corrected chi connectivity index (χ1v) is 13.1. The van der Waals surface area contributed by atoms with Crippen LogP contribution >= 0.6 is 12.2 Å². The fraction of sp³-hybridized carbons (Fsp3) is 0.226. The molecular formula is C31H30N2O6S. The first-order valence-electron chi connectivity index (χ1n) is 12.7. The van der Waals surface area contributed by atoms with E-state index in [1.165, 1.54) is 15.9 Å². The molecule has 0 aromatic heterocycles. The molecule has 8 nitrogen and oxygen atoms in total. The number of anilines is 2. The van der Waals surface area contributed by atoms with Crippen molar-refractivity contribution in [3.63, 3.8) is 0 Å². The first-order chi connectivity index (χ1) is 19.0. The standard InChI is InChI=1S/C31H30N2O6S/c1-6-38-27-16-22(9-12-26(27)39-17-28(34)35)15-25-29(36)32(23-10-7-18(2)20(4)13-23)31(40)33(30(25)37)24-11-8-19(3)21(5)14-24/h7-16H,6,17H2,1-5H3,(H,34,35). The lowest BCUT2D eigenvalue weighted by molar-refractivity contribution is -0.139. The maximum Gasteiger partial charge on any atom is 0.341 e. The van der Waals surface area contributed by atoms with E-state index in [0.29, 0.717) is 29.3 Å². The number of aryl methyl sites for hydroxylation is 4. The molecule has 9 heteroatoms. The highest BCUT2D eigenvalue weighted by molar-refractivity contribution is 7.81. The quantitative estimate of drug-likeness (QED) is 0.221. The van der Waals surface area contributed by atoms with Crippen molar-refractivity contribution < 1.29 is 29.0 Å². The van der Waals surface area contributed by atoms with Crippen LogP contribution in [0.5, 0.6) is 11.5 Å². The monoisotopic (exact) mass is 558 g/mol. The van der Waals surface area contributed by atoms with E-state index in [2.05, 4.69) is 0 Å². The molecule has 0 bridgehead atoms. The molecule has 0 atom stereocenters. The maximum atomic E-state index is 13.9. The second-order valence-corrected chi connectivity index (χ2v) is 9.85. The Hall–Kier alpha value is -4.50. The zero-order valence-corrected chi connectivity index (χ0v) is 23.8. The zero-order valence-electron chi connectivity index (χ0n) is 23.0. The van der Waals surface area contributed by atoms with E-state index in [-0.39, 0.29) is 16.4 Å². The van der Waals surface area contributed by atoms with Crippen LogP contribution in [0.15, 0.2) is 60.2 Å². The lowest BCUT2D eigenvalue weighted by Crippen LogP contribution is -2.57. The van der Waals surface area contributed by atoms with Crippen LogP contribution in [0.3, 0.4) is 0 Å². The molecule has 1 aliphatic rings. The number of benzene rings is 3. The second kappa shape index (κ2) is 11.7. The number of aliphatic carboxylic acids is 1. The topological polar surface area (TPSA) is 96.4 Å². The largest absolute Gasteiger partial charge is 0.490 e. The van der Waals surface area contributed by atoms with Gasteiger partial charge in [-0.05, 0) is 117 Å². The third kappa shape index (κ3) is 5.74. The number of nitrogens with zero attached hydrogens (tertiary/aromatic N) is 2. The number of thiocarbonyl (C=S) groups is 1. The summed E-state index contributed by atoms with van der Waals surface area (Å²) in [6.45, 7) is 9.40. The van der Waals surface area contributed by atoms with Gasteiger partial charge in [-0.15, -0.1) is 0 Å². The summed E-state index contributed by atoms with van der Waals surface area (Å²) in [7, 11) is 0. The molecule has 1 heterocycles. The van der Waals surface area contributed by atoms with Gasteiger partial charge in [-0.1, -0.05) is 18.2 Å². The summed E-state index contributed by atoms with van der Waals surface area (Å²) in [6.07, 6.45) is 1.48. The number of carboxylic acids is 1. The fourth-order valence-electron chi connectivity index (χ4n) is 4.22. The lowest BCUT2D eigenvalue weighted by atomic mass is 10.0. The van der Waals surface area contributed by atoms with Gasteiger partial charge in [-0.25, -0.2) is 4.79 Å². The van der Waals surface area contributed by atoms with Gasteiger partial charge >= 0.3 is 5.97 Å². The minimum atomic E-state index is -1.12. The molecular weight excluding hydrogens is 528 g/mol. The van der Waals surface area contributed by atoms with Crippen LogP contribution in [0.1, 0.15) is 34.7 Å². The van der Waals surface area contributed by atoms with Gasteiger partial charge in [0, 0.05) is 0 Å². The third-order valence-electron chi connectivity index (χ3n) is 6.68. The summed E-state index contributed by atoms with van der Waals surface area (Å²) in [5.74, 6) is -1.70. The van der Waals surface area contributed by atoms with Crippen LogP contribution < -0.4 is 19.3 Å².